The Bertz CT molecular complexity index is 2560. The maximum absolute atomic E-state index is 2.48. The summed E-state index contributed by atoms with van der Waals surface area (Å²) in [6.45, 7) is 118. The van der Waals surface area contributed by atoms with E-state index < -0.39 is 0 Å². The van der Waals surface area contributed by atoms with Crippen molar-refractivity contribution in [2.24, 2.45) is 180 Å². The molecular formula is C145H302. The lowest BCUT2D eigenvalue weighted by molar-refractivity contribution is 0.235. The third kappa shape index (κ3) is 127. The molecule has 0 spiro atoms. The van der Waals surface area contributed by atoms with Gasteiger partial charge in [-0.2, -0.15) is 0 Å². The smallest absolute Gasteiger partial charge is 0.0380 e. The molecule has 0 aromatic heterocycles. The van der Waals surface area contributed by atoms with Crippen LogP contribution < -0.4 is 0 Å². The van der Waals surface area contributed by atoms with Crippen LogP contribution in [0.3, 0.4) is 0 Å². The first-order valence-corrected chi connectivity index (χ1v) is 67.2. The second-order valence-corrected chi connectivity index (χ2v) is 63.4. The molecule has 0 N–H and O–H groups in total. The van der Waals surface area contributed by atoms with Gasteiger partial charge >= 0.3 is 0 Å². The average Bonchev–Trinajstić information content (AvgIpc) is 0.899. The van der Waals surface area contributed by atoms with Gasteiger partial charge in [0.2, 0.25) is 0 Å². The van der Waals surface area contributed by atoms with Crippen LogP contribution in [0.1, 0.15) is 757 Å². The van der Waals surface area contributed by atoms with Crippen molar-refractivity contribution in [3.8, 4) is 0 Å². The first kappa shape index (κ1) is 156. The number of hydrogen-bond donors (Lipinski definition) is 0. The molecule has 0 aromatic rings. The molecule has 20 unspecified atom stereocenters. The molecule has 0 heterocycles. The summed E-state index contributed by atoms with van der Waals surface area (Å²) in [6.07, 6.45) is 92.9. The van der Waals surface area contributed by atoms with E-state index >= 15 is 0 Å². The van der Waals surface area contributed by atoms with Gasteiger partial charge in [0.1, 0.15) is 0 Å². The summed E-state index contributed by atoms with van der Waals surface area (Å²) in [5.74, 6) is 22.9. The zero-order chi connectivity index (χ0) is 112. The van der Waals surface area contributed by atoms with Gasteiger partial charge in [-0.3, -0.25) is 0 Å². The fourth-order valence-corrected chi connectivity index (χ4v) is 23.9. The molecule has 0 nitrogen and oxygen atoms in total. The van der Waals surface area contributed by atoms with Crippen LogP contribution in [0.5, 0.6) is 0 Å². The minimum Gasteiger partial charge on any atom is -0.0651 e. The van der Waals surface area contributed by atoms with Gasteiger partial charge in [-0.25, -0.2) is 0 Å². The van der Waals surface area contributed by atoms with Crippen molar-refractivity contribution >= 4 is 0 Å². The van der Waals surface area contributed by atoms with E-state index in [0.29, 0.717) is 32.5 Å². The molecular weight excluding hydrogens is 1740 g/mol. The topological polar surface area (TPSA) is 0 Å². The number of hydrogen-bond acceptors (Lipinski definition) is 0. The lowest BCUT2D eigenvalue weighted by Crippen LogP contribution is -2.17. The molecule has 0 saturated heterocycles. The Kier molecular flexibility index (Phi) is 102. The number of rotatable bonds is 84. The summed E-state index contributed by atoms with van der Waals surface area (Å²) < 4.78 is 0. The van der Waals surface area contributed by atoms with Crippen molar-refractivity contribution in [2.45, 2.75) is 757 Å². The minimum absolute atomic E-state index is 0.479. The van der Waals surface area contributed by atoms with Gasteiger partial charge in [0, 0.05) is 0 Å². The molecule has 0 saturated carbocycles. The average molecular weight is 2050 g/mol. The van der Waals surface area contributed by atoms with Gasteiger partial charge in [0.15, 0.2) is 0 Å². The van der Waals surface area contributed by atoms with Crippen LogP contribution in [0.2, 0.25) is 0 Å². The Morgan fingerprint density at radius 1 is 0.117 bits per heavy atom. The first-order chi connectivity index (χ1) is 67.2. The van der Waals surface area contributed by atoms with Crippen LogP contribution >= 0.6 is 0 Å². The van der Waals surface area contributed by atoms with Gasteiger partial charge in [-0.1, -0.05) is 718 Å². The third-order valence-corrected chi connectivity index (χ3v) is 34.7. The highest BCUT2D eigenvalue weighted by Gasteiger charge is 2.26. The Morgan fingerprint density at radius 2 is 0.269 bits per heavy atom. The fourth-order valence-electron chi connectivity index (χ4n) is 23.9. The highest BCUT2D eigenvalue weighted by Crippen LogP contribution is 2.39. The zero-order valence-electron chi connectivity index (χ0n) is 112. The summed E-state index contributed by atoms with van der Waals surface area (Å²) in [7, 11) is 0. The normalized spacial score (nSPS) is 16.8. The third-order valence-electron chi connectivity index (χ3n) is 34.7. The van der Waals surface area contributed by atoms with E-state index in [1.54, 1.807) is 0 Å². The standard InChI is InChI=1S/C25H52.5C24H50/c1-20(2)13-10-14-21(3)15-11-16-22(4)17-12-18-23(5)24(6)19-25(7,8)9;1-20(2)12-9-13-21(3)14-10-15-22(4)16-11-17-23(5)18-19-24(6,7)8;1-9-21(4)14-11-15-22(5)16-12-18-23(19-24(6,7)8)17-10-13-20(2)3;1-9-21(4)14-11-17-23(19-24(6,7)8)18-12-16-22(5)15-10-13-20(2)3;1-9-20(2)13-10-14-21(3)15-11-16-22(4)17-12-18-23(5)19-24(6,7)8;1-9-23(19-24(6,7)8)18-12-17-22(5)16-11-15-21(4)14-10-13-20(2)3/h20-24H,10-19H2,1-9H3;5*20-23H,9-19H2,1-8H3. The quantitative estimate of drug-likeness (QED) is 0.0569. The molecule has 0 rings (SSSR count). The van der Waals surface area contributed by atoms with E-state index in [1.807, 2.05) is 0 Å². The van der Waals surface area contributed by atoms with E-state index in [1.165, 1.54) is 417 Å². The maximum Gasteiger partial charge on any atom is -0.0380 e. The first-order valence-electron chi connectivity index (χ1n) is 67.2. The lowest BCUT2D eigenvalue weighted by atomic mass is 9.78. The van der Waals surface area contributed by atoms with Crippen molar-refractivity contribution < 1.29 is 0 Å². The summed E-state index contributed by atoms with van der Waals surface area (Å²) in [5.41, 5.74) is 2.96. The van der Waals surface area contributed by atoms with E-state index in [2.05, 4.69) is 339 Å². The van der Waals surface area contributed by atoms with Gasteiger partial charge in [0.25, 0.3) is 0 Å². The van der Waals surface area contributed by atoms with Gasteiger partial charge < -0.3 is 0 Å². The largest absolute Gasteiger partial charge is 0.0651 e. The van der Waals surface area contributed by atoms with E-state index in [-0.39, 0.29) is 0 Å². The Hall–Kier alpha value is 0. The molecule has 0 amide bonds. The van der Waals surface area contributed by atoms with Crippen molar-refractivity contribution in [1.29, 1.82) is 0 Å². The maximum atomic E-state index is 2.48. The van der Waals surface area contributed by atoms with Crippen LogP contribution in [0.25, 0.3) is 0 Å². The van der Waals surface area contributed by atoms with Gasteiger partial charge in [-0.05, 0) is 219 Å². The fraction of sp³-hybridized carbons (Fsp3) is 1.00. The minimum atomic E-state index is 0.479. The molecule has 0 aliphatic heterocycles. The van der Waals surface area contributed by atoms with Gasteiger partial charge in [-0.15, -0.1) is 0 Å². The highest BCUT2D eigenvalue weighted by molar-refractivity contribution is 4.78. The molecule has 20 atom stereocenters. The Balaban J connectivity index is -0.000000400. The summed E-state index contributed by atoms with van der Waals surface area (Å²) in [4.78, 5) is 0. The predicted octanol–water partition coefficient (Wildman–Crippen LogP) is 53.6. The molecule has 145 heavy (non-hydrogen) atoms. The molecule has 0 aliphatic carbocycles. The van der Waals surface area contributed by atoms with Crippen LogP contribution in [0, 0.1) is 180 Å². The second-order valence-electron chi connectivity index (χ2n) is 63.4. The Labute approximate surface area is 930 Å². The van der Waals surface area contributed by atoms with Crippen LogP contribution in [-0.2, 0) is 0 Å². The molecule has 882 valence electrons. The van der Waals surface area contributed by atoms with Crippen molar-refractivity contribution in [2.75, 3.05) is 0 Å². The SMILES string of the molecule is CC(C)CCCC(C)CCCC(C)CCCC(C)C(C)CC(C)(C)C.CC(C)CCCC(C)CCCC(C)CCCC(C)CCC(C)(C)C.CCC(C)CCCC(C)CCCC(C)CCCC(C)CC(C)(C)C.CCC(C)CCCC(C)CCCC(CCCC(C)C)CC(C)(C)C.CCC(C)CCCC(CCCC(C)CCCC(C)C)CC(C)(C)C.CCC(CCCC(C)CCCC(C)CCCC(C)C)CC(C)(C)C. The van der Waals surface area contributed by atoms with Crippen molar-refractivity contribution in [1.82, 2.24) is 0 Å². The monoisotopic (exact) mass is 2040 g/mol. The van der Waals surface area contributed by atoms with Crippen LogP contribution in [0.15, 0.2) is 0 Å². The van der Waals surface area contributed by atoms with E-state index in [4.69, 9.17) is 0 Å². The van der Waals surface area contributed by atoms with E-state index in [9.17, 15) is 0 Å². The predicted molar refractivity (Wildman–Crippen MR) is 680 cm³/mol. The second kappa shape index (κ2) is 95.1. The van der Waals surface area contributed by atoms with Crippen molar-refractivity contribution in [3.63, 3.8) is 0 Å². The molecule has 0 radical (unpaired) electrons. The summed E-state index contributed by atoms with van der Waals surface area (Å²) >= 11 is 0. The lowest BCUT2D eigenvalue weighted by Gasteiger charge is -2.28. The van der Waals surface area contributed by atoms with Crippen LogP contribution in [0.4, 0.5) is 0 Å². The van der Waals surface area contributed by atoms with Gasteiger partial charge in [0.05, 0.1) is 0 Å². The van der Waals surface area contributed by atoms with E-state index in [0.717, 1.165) is 148 Å². The molecule has 0 heteroatoms. The van der Waals surface area contributed by atoms with Crippen LogP contribution in [-0.4, -0.2) is 0 Å². The Morgan fingerprint density at radius 3 is 0.448 bits per heavy atom. The zero-order valence-corrected chi connectivity index (χ0v) is 112. The highest BCUT2D eigenvalue weighted by atomic mass is 14.3. The summed E-state index contributed by atoms with van der Waals surface area (Å²) in [5, 5.41) is 0. The molecule has 0 bridgehead atoms. The summed E-state index contributed by atoms with van der Waals surface area (Å²) in [6, 6.07) is 0. The molecule has 0 aromatic carbocycles. The molecule has 0 aliphatic rings. The van der Waals surface area contributed by atoms with Crippen molar-refractivity contribution in [3.05, 3.63) is 0 Å². The molecule has 0 fully saturated rings.